The number of hydrogen-bond acceptors (Lipinski definition) is 4. The molecule has 0 radical (unpaired) electrons. The number of fused-ring (bicyclic) bond motifs is 1. The first-order valence-electron chi connectivity index (χ1n) is 10.6. The van der Waals surface area contributed by atoms with Crippen LogP contribution in [-0.2, 0) is 24.4 Å². The van der Waals surface area contributed by atoms with Crippen LogP contribution in [0.2, 0.25) is 5.02 Å². The maximum Gasteiger partial charge on any atom is 0.257 e. The Balaban J connectivity index is 1.63. The van der Waals surface area contributed by atoms with Gasteiger partial charge < -0.3 is 10.2 Å². The number of carbonyl (C=O) groups excluding carboxylic acids is 1. The molecule has 166 valence electrons. The summed E-state index contributed by atoms with van der Waals surface area (Å²) in [4.78, 5) is 32.4. The number of nitrogens with one attached hydrogen (secondary N) is 1. The van der Waals surface area contributed by atoms with E-state index in [4.69, 9.17) is 11.6 Å². The van der Waals surface area contributed by atoms with Crippen molar-refractivity contribution in [2.24, 2.45) is 5.41 Å². The molecule has 0 unspecified atom stereocenters. The second-order valence-electron chi connectivity index (χ2n) is 9.05. The van der Waals surface area contributed by atoms with Crippen LogP contribution in [0.15, 0.2) is 54.0 Å². The van der Waals surface area contributed by atoms with Gasteiger partial charge in [-0.15, -0.1) is 0 Å². The molecule has 2 aromatic heterocycles. The molecule has 0 saturated carbocycles. The molecule has 3 heterocycles. The van der Waals surface area contributed by atoms with Crippen LogP contribution in [0, 0.1) is 5.41 Å². The van der Waals surface area contributed by atoms with Crippen LogP contribution in [-0.4, -0.2) is 33.4 Å². The molecule has 1 saturated heterocycles. The number of pyridine rings is 2. The SMILES string of the molecule is C=Cc1ccnc2c1cc(CNCc1ccc(Cl)cc1)c(=O)n2CC(=O)N1CC(C)(C)C1. The molecule has 1 amide bonds. The minimum Gasteiger partial charge on any atom is -0.340 e. The topological polar surface area (TPSA) is 67.2 Å². The molecule has 1 fully saturated rings. The number of aromatic nitrogens is 2. The van der Waals surface area contributed by atoms with Gasteiger partial charge >= 0.3 is 0 Å². The number of nitrogens with zero attached hydrogens (tertiary/aromatic N) is 3. The first-order chi connectivity index (χ1) is 15.3. The molecule has 0 atom stereocenters. The van der Waals surface area contributed by atoms with E-state index in [1.807, 2.05) is 36.4 Å². The fraction of sp³-hybridized carbons (Fsp3) is 0.320. The van der Waals surface area contributed by atoms with Gasteiger partial charge in [0, 0.05) is 48.3 Å². The van der Waals surface area contributed by atoms with E-state index in [0.717, 1.165) is 16.5 Å². The van der Waals surface area contributed by atoms with Crippen LogP contribution in [0.5, 0.6) is 0 Å². The summed E-state index contributed by atoms with van der Waals surface area (Å²) >= 11 is 5.95. The standard InChI is InChI=1S/C25H27ClN4O2/c1-4-18-9-10-28-23-21(18)11-19(13-27-12-17-5-7-20(26)8-6-17)24(32)30(23)14-22(31)29-15-25(2,3)16-29/h4-11,27H,1,12-16H2,2-3H3. The van der Waals surface area contributed by atoms with Gasteiger partial charge in [-0.1, -0.05) is 50.2 Å². The van der Waals surface area contributed by atoms with Gasteiger partial charge in [0.25, 0.3) is 5.56 Å². The van der Waals surface area contributed by atoms with Gasteiger partial charge in [0.1, 0.15) is 12.2 Å². The third kappa shape index (κ3) is 4.61. The molecule has 7 heteroatoms. The van der Waals surface area contributed by atoms with Gasteiger partial charge in [0.15, 0.2) is 0 Å². The Labute approximate surface area is 192 Å². The average molecular weight is 451 g/mol. The highest BCUT2D eigenvalue weighted by Gasteiger charge is 2.37. The number of likely N-dealkylation sites (tertiary alicyclic amines) is 1. The minimum atomic E-state index is -0.206. The first-order valence-corrected chi connectivity index (χ1v) is 11.0. The smallest absolute Gasteiger partial charge is 0.257 e. The number of hydrogen-bond donors (Lipinski definition) is 1. The van der Waals surface area contributed by atoms with E-state index in [0.29, 0.717) is 42.4 Å². The largest absolute Gasteiger partial charge is 0.340 e. The van der Waals surface area contributed by atoms with Gasteiger partial charge in [0.05, 0.1) is 0 Å². The molecule has 1 N–H and O–H groups in total. The summed E-state index contributed by atoms with van der Waals surface area (Å²) in [5.41, 5.74) is 2.95. The first kappa shape index (κ1) is 22.2. The predicted octanol–water partition coefficient (Wildman–Crippen LogP) is 3.85. The van der Waals surface area contributed by atoms with E-state index < -0.39 is 0 Å². The molecule has 6 nitrogen and oxygen atoms in total. The van der Waals surface area contributed by atoms with E-state index in [2.05, 4.69) is 30.7 Å². The number of halogens is 1. The summed E-state index contributed by atoms with van der Waals surface area (Å²) in [5.74, 6) is -0.0650. The number of amides is 1. The monoisotopic (exact) mass is 450 g/mol. The maximum absolute atomic E-state index is 13.3. The van der Waals surface area contributed by atoms with Gasteiger partial charge in [-0.25, -0.2) is 4.98 Å². The van der Waals surface area contributed by atoms with Crippen molar-refractivity contribution in [1.29, 1.82) is 0 Å². The predicted molar refractivity (Wildman–Crippen MR) is 128 cm³/mol. The second-order valence-corrected chi connectivity index (χ2v) is 9.48. The van der Waals surface area contributed by atoms with E-state index >= 15 is 0 Å². The zero-order valence-corrected chi connectivity index (χ0v) is 19.2. The molecular formula is C25H27ClN4O2. The Bertz CT molecular complexity index is 1220. The Morgan fingerprint density at radius 2 is 1.94 bits per heavy atom. The quantitative estimate of drug-likeness (QED) is 0.593. The van der Waals surface area contributed by atoms with Gasteiger partial charge in [-0.3, -0.25) is 14.2 Å². The Hall–Kier alpha value is -2.96. The molecular weight excluding hydrogens is 424 g/mol. The maximum atomic E-state index is 13.3. The molecule has 4 rings (SSSR count). The van der Waals surface area contributed by atoms with Crippen LogP contribution in [0.3, 0.4) is 0 Å². The number of carbonyl (C=O) groups is 1. The van der Waals surface area contributed by atoms with E-state index in [9.17, 15) is 9.59 Å². The van der Waals surface area contributed by atoms with Crippen LogP contribution in [0.25, 0.3) is 17.1 Å². The molecule has 0 aliphatic carbocycles. The number of rotatable bonds is 7. The lowest BCUT2D eigenvalue weighted by atomic mass is 9.84. The van der Waals surface area contributed by atoms with Crippen molar-refractivity contribution in [3.63, 3.8) is 0 Å². The van der Waals surface area contributed by atoms with Gasteiger partial charge in [0.2, 0.25) is 5.91 Å². The average Bonchev–Trinajstić information content (AvgIpc) is 2.75. The van der Waals surface area contributed by atoms with Crippen LogP contribution < -0.4 is 10.9 Å². The third-order valence-electron chi connectivity index (χ3n) is 5.76. The molecule has 1 aliphatic rings. The number of benzene rings is 1. The second kappa shape index (κ2) is 8.88. The highest BCUT2D eigenvalue weighted by atomic mass is 35.5. The lowest BCUT2D eigenvalue weighted by Gasteiger charge is -2.45. The lowest BCUT2D eigenvalue weighted by Crippen LogP contribution is -2.56. The summed E-state index contributed by atoms with van der Waals surface area (Å²) in [6.07, 6.45) is 3.38. The van der Waals surface area contributed by atoms with Gasteiger partial charge in [-0.2, -0.15) is 0 Å². The van der Waals surface area contributed by atoms with Crippen LogP contribution in [0.4, 0.5) is 0 Å². The molecule has 1 aromatic carbocycles. The molecule has 0 bridgehead atoms. The van der Waals surface area contributed by atoms with Crippen molar-refractivity contribution in [2.75, 3.05) is 13.1 Å². The van der Waals surface area contributed by atoms with Gasteiger partial charge in [-0.05, 0) is 40.8 Å². The van der Waals surface area contributed by atoms with E-state index in [-0.39, 0.29) is 23.4 Å². The van der Waals surface area contributed by atoms with Crippen LogP contribution in [0.1, 0.15) is 30.5 Å². The highest BCUT2D eigenvalue weighted by molar-refractivity contribution is 6.30. The van der Waals surface area contributed by atoms with Crippen molar-refractivity contribution in [3.05, 3.63) is 81.2 Å². The van der Waals surface area contributed by atoms with Crippen molar-refractivity contribution in [3.8, 4) is 0 Å². The molecule has 1 aliphatic heterocycles. The highest BCUT2D eigenvalue weighted by Crippen LogP contribution is 2.29. The third-order valence-corrected chi connectivity index (χ3v) is 6.01. The fourth-order valence-corrected chi connectivity index (χ4v) is 4.26. The zero-order chi connectivity index (χ0) is 22.9. The van der Waals surface area contributed by atoms with Crippen molar-refractivity contribution < 1.29 is 4.79 Å². The van der Waals surface area contributed by atoms with E-state index in [1.54, 1.807) is 17.2 Å². The Morgan fingerprint density at radius 3 is 2.59 bits per heavy atom. The Kier molecular flexibility index (Phi) is 6.17. The minimum absolute atomic E-state index is 0.0238. The normalized spacial score (nSPS) is 14.9. The van der Waals surface area contributed by atoms with Crippen molar-refractivity contribution in [1.82, 2.24) is 19.8 Å². The molecule has 0 spiro atoms. The summed E-state index contributed by atoms with van der Waals surface area (Å²) in [6.45, 7) is 10.5. The summed E-state index contributed by atoms with van der Waals surface area (Å²) in [7, 11) is 0. The molecule has 32 heavy (non-hydrogen) atoms. The van der Waals surface area contributed by atoms with Crippen molar-refractivity contribution >= 4 is 34.6 Å². The summed E-state index contributed by atoms with van der Waals surface area (Å²) in [6, 6.07) is 11.3. The van der Waals surface area contributed by atoms with Crippen molar-refractivity contribution in [2.45, 2.75) is 33.5 Å². The van der Waals surface area contributed by atoms with E-state index in [1.165, 1.54) is 4.57 Å². The summed E-state index contributed by atoms with van der Waals surface area (Å²) in [5, 5.41) is 4.81. The fourth-order valence-electron chi connectivity index (χ4n) is 4.14. The Morgan fingerprint density at radius 1 is 1.22 bits per heavy atom. The summed E-state index contributed by atoms with van der Waals surface area (Å²) < 4.78 is 1.50. The zero-order valence-electron chi connectivity index (χ0n) is 18.4. The van der Waals surface area contributed by atoms with Crippen LogP contribution >= 0.6 is 11.6 Å². The molecule has 3 aromatic rings. The lowest BCUT2D eigenvalue weighted by molar-refractivity contribution is -0.142.